The normalized spacial score (nSPS) is 11.4. The van der Waals surface area contributed by atoms with Crippen molar-refractivity contribution < 1.29 is 27.2 Å². The number of hydrogen-bond donors (Lipinski definition) is 2. The minimum Gasteiger partial charge on any atom is -0.324 e. The van der Waals surface area contributed by atoms with Crippen molar-refractivity contribution in [1.82, 2.24) is 9.55 Å². The van der Waals surface area contributed by atoms with Crippen LogP contribution in [0.2, 0.25) is 0 Å². The van der Waals surface area contributed by atoms with E-state index in [1.807, 2.05) is 0 Å². The first-order valence-electron chi connectivity index (χ1n) is 10.6. The van der Waals surface area contributed by atoms with E-state index in [4.69, 9.17) is 0 Å². The molecule has 4 aromatic rings. The fourth-order valence-corrected chi connectivity index (χ4v) is 3.57. The highest BCUT2D eigenvalue weighted by Crippen LogP contribution is 2.36. The maximum absolute atomic E-state index is 13.7. The van der Waals surface area contributed by atoms with Crippen LogP contribution < -0.4 is 16.2 Å². The molecule has 0 bridgehead atoms. The van der Waals surface area contributed by atoms with Gasteiger partial charge in [-0.15, -0.1) is 0 Å². The van der Waals surface area contributed by atoms with Crippen LogP contribution in [0.1, 0.15) is 21.7 Å². The van der Waals surface area contributed by atoms with Gasteiger partial charge in [-0.05, 0) is 61.5 Å². The summed E-state index contributed by atoms with van der Waals surface area (Å²) in [5.41, 5.74) is -1.94. The zero-order valence-electron chi connectivity index (χ0n) is 18.7. The maximum Gasteiger partial charge on any atom is 0.418 e. The molecule has 0 aliphatic heterocycles. The van der Waals surface area contributed by atoms with Crippen molar-refractivity contribution in [2.24, 2.45) is 0 Å². The van der Waals surface area contributed by atoms with Crippen LogP contribution in [0, 0.1) is 12.7 Å². The summed E-state index contributed by atoms with van der Waals surface area (Å²) in [5, 5.41) is 4.77. The van der Waals surface area contributed by atoms with Gasteiger partial charge in [0.05, 0.1) is 22.2 Å². The number of hydrogen-bond acceptors (Lipinski definition) is 4. The average molecular weight is 498 g/mol. The molecule has 0 saturated carbocycles. The third-order valence-corrected chi connectivity index (χ3v) is 5.32. The number of aryl methyl sites for hydroxylation is 1. The predicted octanol–water partition coefficient (Wildman–Crippen LogP) is 4.75. The van der Waals surface area contributed by atoms with Crippen molar-refractivity contribution in [3.8, 4) is 0 Å². The van der Waals surface area contributed by atoms with E-state index in [1.165, 1.54) is 25.1 Å². The summed E-state index contributed by atoms with van der Waals surface area (Å²) in [7, 11) is 0. The number of carbonyl (C=O) groups is 2. The molecule has 184 valence electrons. The second-order valence-electron chi connectivity index (χ2n) is 7.83. The van der Waals surface area contributed by atoms with E-state index in [9.17, 15) is 31.9 Å². The number of benzene rings is 3. The molecule has 0 atom stereocenters. The van der Waals surface area contributed by atoms with Gasteiger partial charge in [0, 0.05) is 11.3 Å². The van der Waals surface area contributed by atoms with Crippen LogP contribution in [0.15, 0.2) is 71.5 Å². The topological polar surface area (TPSA) is 93.1 Å². The van der Waals surface area contributed by atoms with Gasteiger partial charge in [-0.3, -0.25) is 19.0 Å². The van der Waals surface area contributed by atoms with E-state index < -0.39 is 47.2 Å². The zero-order chi connectivity index (χ0) is 26.0. The molecule has 3 aromatic carbocycles. The maximum atomic E-state index is 13.7. The molecule has 11 heteroatoms. The molecule has 0 aliphatic rings. The summed E-state index contributed by atoms with van der Waals surface area (Å²) in [6, 6.07) is 13.8. The fourth-order valence-electron chi connectivity index (χ4n) is 3.57. The molecule has 0 aliphatic carbocycles. The van der Waals surface area contributed by atoms with E-state index in [-0.39, 0.29) is 22.5 Å². The molecule has 36 heavy (non-hydrogen) atoms. The first kappa shape index (κ1) is 24.6. The van der Waals surface area contributed by atoms with Gasteiger partial charge >= 0.3 is 6.18 Å². The molecule has 1 heterocycles. The lowest BCUT2D eigenvalue weighted by Crippen LogP contribution is -2.30. The van der Waals surface area contributed by atoms with E-state index in [0.717, 1.165) is 22.8 Å². The molecule has 4 rings (SSSR count). The number of nitrogens with zero attached hydrogens (tertiary/aromatic N) is 2. The Morgan fingerprint density at radius 2 is 1.67 bits per heavy atom. The van der Waals surface area contributed by atoms with Gasteiger partial charge < -0.3 is 10.6 Å². The third-order valence-electron chi connectivity index (χ3n) is 5.32. The summed E-state index contributed by atoms with van der Waals surface area (Å²) in [5.74, 6) is -1.95. The smallest absolute Gasteiger partial charge is 0.324 e. The van der Waals surface area contributed by atoms with Crippen LogP contribution in [0.4, 0.5) is 28.9 Å². The van der Waals surface area contributed by atoms with E-state index in [2.05, 4.69) is 15.6 Å². The van der Waals surface area contributed by atoms with Gasteiger partial charge in [0.15, 0.2) is 0 Å². The lowest BCUT2D eigenvalue weighted by molar-refractivity contribution is -0.136. The molecule has 0 saturated heterocycles. The van der Waals surface area contributed by atoms with Crippen molar-refractivity contribution in [2.45, 2.75) is 19.6 Å². The van der Waals surface area contributed by atoms with Gasteiger partial charge in [-0.25, -0.2) is 9.37 Å². The van der Waals surface area contributed by atoms with Gasteiger partial charge in [0.2, 0.25) is 5.91 Å². The molecular formula is C25H18F4N4O3. The summed E-state index contributed by atoms with van der Waals surface area (Å²) in [4.78, 5) is 41.9. The van der Waals surface area contributed by atoms with Crippen LogP contribution in [0.25, 0.3) is 10.9 Å². The van der Waals surface area contributed by atoms with Crippen LogP contribution in [-0.2, 0) is 17.5 Å². The van der Waals surface area contributed by atoms with Crippen molar-refractivity contribution in [3.05, 3.63) is 99.9 Å². The third kappa shape index (κ3) is 5.24. The molecule has 2 N–H and O–H groups in total. The first-order valence-corrected chi connectivity index (χ1v) is 10.6. The Hall–Kier alpha value is -4.54. The molecule has 2 amide bonds. The van der Waals surface area contributed by atoms with Crippen LogP contribution in [-0.4, -0.2) is 21.4 Å². The minimum absolute atomic E-state index is 0.0483. The Morgan fingerprint density at radius 3 is 2.36 bits per heavy atom. The number of aromatic nitrogens is 2. The van der Waals surface area contributed by atoms with Crippen molar-refractivity contribution >= 4 is 34.1 Å². The fraction of sp³-hybridized carbons (Fsp3) is 0.120. The number of alkyl halides is 3. The lowest BCUT2D eigenvalue weighted by atomic mass is 10.1. The summed E-state index contributed by atoms with van der Waals surface area (Å²) in [6.45, 7) is 0.962. The van der Waals surface area contributed by atoms with Crippen molar-refractivity contribution in [1.29, 1.82) is 0 Å². The zero-order valence-corrected chi connectivity index (χ0v) is 18.7. The number of carbonyl (C=O) groups excluding carboxylic acids is 2. The Kier molecular flexibility index (Phi) is 6.56. The quantitative estimate of drug-likeness (QED) is 0.389. The van der Waals surface area contributed by atoms with E-state index in [0.29, 0.717) is 11.6 Å². The molecule has 1 aromatic heterocycles. The highest BCUT2D eigenvalue weighted by atomic mass is 19.4. The molecule has 0 fully saturated rings. The number of anilines is 2. The number of rotatable bonds is 5. The number of nitrogens with one attached hydrogen (secondary N) is 2. The molecule has 7 nitrogen and oxygen atoms in total. The average Bonchev–Trinajstić information content (AvgIpc) is 2.82. The summed E-state index contributed by atoms with van der Waals surface area (Å²) < 4.78 is 55.3. The Bertz CT molecular complexity index is 1530. The van der Waals surface area contributed by atoms with Gasteiger partial charge in [0.25, 0.3) is 11.5 Å². The summed E-state index contributed by atoms with van der Waals surface area (Å²) in [6.07, 6.45) is -4.86. The minimum atomic E-state index is -4.86. The molecular weight excluding hydrogens is 480 g/mol. The van der Waals surface area contributed by atoms with Crippen molar-refractivity contribution in [2.75, 3.05) is 10.6 Å². The van der Waals surface area contributed by atoms with E-state index >= 15 is 0 Å². The highest BCUT2D eigenvalue weighted by Gasteiger charge is 2.34. The largest absolute Gasteiger partial charge is 0.418 e. The molecule has 0 radical (unpaired) electrons. The second kappa shape index (κ2) is 9.61. The van der Waals surface area contributed by atoms with Crippen LogP contribution in [0.5, 0.6) is 0 Å². The second-order valence-corrected chi connectivity index (χ2v) is 7.83. The number of fused-ring (bicyclic) bond motifs is 1. The number of halogens is 4. The monoisotopic (exact) mass is 498 g/mol. The Labute approximate surface area is 201 Å². The SMILES string of the molecule is Cc1nc2ccccc2c(=O)n1CC(=O)Nc1ccc(NC(=O)c2ccc(F)cc2)cc1C(F)(F)F. The predicted molar refractivity (Wildman–Crippen MR) is 125 cm³/mol. The Morgan fingerprint density at radius 1 is 0.972 bits per heavy atom. The van der Waals surface area contributed by atoms with Crippen LogP contribution >= 0.6 is 0 Å². The lowest BCUT2D eigenvalue weighted by Gasteiger charge is -2.17. The molecule has 0 spiro atoms. The summed E-state index contributed by atoms with van der Waals surface area (Å²) >= 11 is 0. The Balaban J connectivity index is 1.57. The number of para-hydroxylation sites is 1. The number of amides is 2. The van der Waals surface area contributed by atoms with Gasteiger partial charge in [0.1, 0.15) is 18.2 Å². The first-order chi connectivity index (χ1) is 17.0. The standard InChI is InChI=1S/C25H18F4N4O3/c1-14-30-20-5-3-2-4-18(20)24(36)33(14)13-22(34)32-21-11-10-17(12-19(21)25(27,28)29)31-23(35)15-6-8-16(26)9-7-15/h2-12H,13H2,1H3,(H,31,35)(H,32,34). The van der Waals surface area contributed by atoms with E-state index in [1.54, 1.807) is 24.3 Å². The highest BCUT2D eigenvalue weighted by molar-refractivity contribution is 6.04. The molecule has 0 unspecified atom stereocenters. The van der Waals surface area contributed by atoms with Crippen molar-refractivity contribution in [3.63, 3.8) is 0 Å². The van der Waals surface area contributed by atoms with Gasteiger partial charge in [-0.2, -0.15) is 13.2 Å². The van der Waals surface area contributed by atoms with Gasteiger partial charge in [-0.1, -0.05) is 12.1 Å². The van der Waals surface area contributed by atoms with Crippen LogP contribution in [0.3, 0.4) is 0 Å².